The van der Waals surface area contributed by atoms with E-state index >= 15 is 0 Å². The first-order valence-electron chi connectivity index (χ1n) is 10.8. The standard InChI is InChI=1S/C25H35N3O/c1-19(20-10-6-5-7-11-20)18-28-16-13-21(14-17-28)23(22-12-8-9-15-26-22)27-24(29)25(2,3)4/h5-12,15,19,21,23H,13-14,16-18H2,1-4H3,(H,27,29). The highest BCUT2D eigenvalue weighted by Crippen LogP contribution is 2.32. The molecule has 0 aliphatic carbocycles. The average molecular weight is 394 g/mol. The van der Waals surface area contributed by atoms with Crippen LogP contribution in [0, 0.1) is 11.3 Å². The molecule has 2 heterocycles. The molecule has 0 spiro atoms. The summed E-state index contributed by atoms with van der Waals surface area (Å²) < 4.78 is 0. The van der Waals surface area contributed by atoms with Crippen molar-refractivity contribution >= 4 is 5.91 Å². The Balaban J connectivity index is 1.63. The van der Waals surface area contributed by atoms with E-state index in [1.165, 1.54) is 5.56 Å². The van der Waals surface area contributed by atoms with Crippen LogP contribution < -0.4 is 5.32 Å². The van der Waals surface area contributed by atoms with Crippen LogP contribution in [0.4, 0.5) is 0 Å². The van der Waals surface area contributed by atoms with Gasteiger partial charge in [-0.1, -0.05) is 64.1 Å². The minimum absolute atomic E-state index is 0.0170. The van der Waals surface area contributed by atoms with E-state index in [1.54, 1.807) is 0 Å². The number of pyridine rings is 1. The molecule has 0 saturated carbocycles. The number of benzene rings is 1. The van der Waals surface area contributed by atoms with E-state index in [4.69, 9.17) is 0 Å². The van der Waals surface area contributed by atoms with E-state index in [0.717, 1.165) is 38.2 Å². The molecule has 2 atom stereocenters. The van der Waals surface area contributed by atoms with Crippen LogP contribution in [0.25, 0.3) is 0 Å². The SMILES string of the molecule is CC(CN1CCC(C(NC(=O)C(C)(C)C)c2ccccn2)CC1)c1ccccc1. The highest BCUT2D eigenvalue weighted by atomic mass is 16.2. The first-order valence-corrected chi connectivity index (χ1v) is 10.8. The Bertz CT molecular complexity index is 762. The smallest absolute Gasteiger partial charge is 0.225 e. The molecule has 4 heteroatoms. The molecular weight excluding hydrogens is 358 g/mol. The molecule has 1 amide bonds. The highest BCUT2D eigenvalue weighted by molar-refractivity contribution is 5.81. The summed E-state index contributed by atoms with van der Waals surface area (Å²) in [4.78, 5) is 19.8. The first kappa shape index (κ1) is 21.5. The normalized spacial score (nSPS) is 18.2. The summed E-state index contributed by atoms with van der Waals surface area (Å²) in [5.41, 5.74) is 1.97. The van der Waals surface area contributed by atoms with Crippen LogP contribution in [0.3, 0.4) is 0 Å². The molecule has 1 aromatic carbocycles. The van der Waals surface area contributed by atoms with E-state index in [2.05, 4.69) is 52.5 Å². The van der Waals surface area contributed by atoms with E-state index in [0.29, 0.717) is 11.8 Å². The third kappa shape index (κ3) is 5.89. The molecule has 1 aliphatic rings. The topological polar surface area (TPSA) is 45.2 Å². The van der Waals surface area contributed by atoms with Crippen molar-refractivity contribution in [3.63, 3.8) is 0 Å². The second-order valence-electron chi connectivity index (χ2n) is 9.41. The van der Waals surface area contributed by atoms with Gasteiger partial charge in [0.05, 0.1) is 11.7 Å². The van der Waals surface area contributed by atoms with E-state index in [1.807, 2.05) is 45.2 Å². The van der Waals surface area contributed by atoms with Crippen molar-refractivity contribution in [2.24, 2.45) is 11.3 Å². The van der Waals surface area contributed by atoms with Gasteiger partial charge < -0.3 is 10.2 Å². The van der Waals surface area contributed by atoms with Gasteiger partial charge in [-0.25, -0.2) is 0 Å². The number of carbonyl (C=O) groups excluding carboxylic acids is 1. The van der Waals surface area contributed by atoms with Crippen molar-refractivity contribution in [1.29, 1.82) is 0 Å². The van der Waals surface area contributed by atoms with Gasteiger partial charge in [0.1, 0.15) is 0 Å². The van der Waals surface area contributed by atoms with Crippen LogP contribution in [-0.2, 0) is 4.79 Å². The summed E-state index contributed by atoms with van der Waals surface area (Å²) in [6, 6.07) is 16.7. The molecule has 1 aliphatic heterocycles. The minimum Gasteiger partial charge on any atom is -0.347 e. The number of hydrogen-bond acceptors (Lipinski definition) is 3. The van der Waals surface area contributed by atoms with Crippen molar-refractivity contribution in [1.82, 2.24) is 15.2 Å². The van der Waals surface area contributed by atoms with Crippen LogP contribution >= 0.6 is 0 Å². The molecule has 4 nitrogen and oxygen atoms in total. The Morgan fingerprint density at radius 1 is 1.10 bits per heavy atom. The fourth-order valence-electron chi connectivity index (χ4n) is 4.09. The summed E-state index contributed by atoms with van der Waals surface area (Å²) in [7, 11) is 0. The van der Waals surface area contributed by atoms with Gasteiger partial charge in [-0.05, 0) is 55.5 Å². The van der Waals surface area contributed by atoms with Gasteiger partial charge in [-0.3, -0.25) is 9.78 Å². The van der Waals surface area contributed by atoms with Gasteiger partial charge in [0.2, 0.25) is 5.91 Å². The lowest BCUT2D eigenvalue weighted by Gasteiger charge is -2.38. The lowest BCUT2D eigenvalue weighted by molar-refractivity contribution is -0.129. The number of amides is 1. The first-order chi connectivity index (χ1) is 13.8. The zero-order valence-electron chi connectivity index (χ0n) is 18.3. The lowest BCUT2D eigenvalue weighted by atomic mass is 9.85. The zero-order chi connectivity index (χ0) is 20.9. The van der Waals surface area contributed by atoms with Crippen LogP contribution in [0.1, 0.15) is 63.8 Å². The molecule has 3 rings (SSSR count). The fourth-order valence-corrected chi connectivity index (χ4v) is 4.09. The molecule has 1 saturated heterocycles. The molecule has 29 heavy (non-hydrogen) atoms. The summed E-state index contributed by atoms with van der Waals surface area (Å²) in [6.45, 7) is 11.4. The van der Waals surface area contributed by atoms with Gasteiger partial charge in [0.25, 0.3) is 0 Å². The van der Waals surface area contributed by atoms with Crippen LogP contribution in [0.15, 0.2) is 54.7 Å². The number of nitrogens with zero attached hydrogens (tertiary/aromatic N) is 2. The number of hydrogen-bond donors (Lipinski definition) is 1. The Kier molecular flexibility index (Phi) is 7.07. The van der Waals surface area contributed by atoms with Crippen molar-refractivity contribution < 1.29 is 4.79 Å². The molecule has 0 bridgehead atoms. The molecule has 156 valence electrons. The Morgan fingerprint density at radius 3 is 2.34 bits per heavy atom. The number of likely N-dealkylation sites (tertiary alicyclic amines) is 1. The number of piperidine rings is 1. The summed E-state index contributed by atoms with van der Waals surface area (Å²) in [6.07, 6.45) is 3.97. The van der Waals surface area contributed by atoms with Crippen molar-refractivity contribution in [2.45, 2.75) is 52.5 Å². The van der Waals surface area contributed by atoms with Gasteiger partial charge in [-0.15, -0.1) is 0 Å². The van der Waals surface area contributed by atoms with Gasteiger partial charge in [0.15, 0.2) is 0 Å². The molecule has 2 unspecified atom stereocenters. The predicted octanol–water partition coefficient (Wildman–Crippen LogP) is 4.80. The Morgan fingerprint density at radius 2 is 1.76 bits per heavy atom. The highest BCUT2D eigenvalue weighted by Gasteiger charge is 2.32. The molecule has 1 N–H and O–H groups in total. The van der Waals surface area contributed by atoms with Crippen molar-refractivity contribution in [3.05, 3.63) is 66.0 Å². The summed E-state index contributed by atoms with van der Waals surface area (Å²) in [5.74, 6) is 1.03. The third-order valence-electron chi connectivity index (χ3n) is 5.98. The average Bonchev–Trinajstić information content (AvgIpc) is 2.73. The van der Waals surface area contributed by atoms with Crippen LogP contribution in [0.2, 0.25) is 0 Å². The maximum Gasteiger partial charge on any atom is 0.225 e. The molecular formula is C25H35N3O. The van der Waals surface area contributed by atoms with Crippen LogP contribution in [-0.4, -0.2) is 35.4 Å². The summed E-state index contributed by atoms with van der Waals surface area (Å²) in [5, 5.41) is 3.30. The quantitative estimate of drug-likeness (QED) is 0.767. The van der Waals surface area contributed by atoms with E-state index in [9.17, 15) is 4.79 Å². The second-order valence-corrected chi connectivity index (χ2v) is 9.41. The van der Waals surface area contributed by atoms with Crippen LogP contribution in [0.5, 0.6) is 0 Å². The molecule has 0 radical (unpaired) electrons. The molecule has 1 fully saturated rings. The largest absolute Gasteiger partial charge is 0.347 e. The second kappa shape index (κ2) is 9.53. The summed E-state index contributed by atoms with van der Waals surface area (Å²) >= 11 is 0. The monoisotopic (exact) mass is 393 g/mol. The number of rotatable bonds is 6. The maximum atomic E-state index is 12.7. The van der Waals surface area contributed by atoms with Crippen molar-refractivity contribution in [2.75, 3.05) is 19.6 Å². The van der Waals surface area contributed by atoms with Gasteiger partial charge >= 0.3 is 0 Å². The fraction of sp³-hybridized carbons (Fsp3) is 0.520. The minimum atomic E-state index is -0.404. The zero-order valence-corrected chi connectivity index (χ0v) is 18.3. The molecule has 1 aromatic heterocycles. The van der Waals surface area contributed by atoms with E-state index < -0.39 is 5.41 Å². The predicted molar refractivity (Wildman–Crippen MR) is 119 cm³/mol. The lowest BCUT2D eigenvalue weighted by Crippen LogP contribution is -2.44. The van der Waals surface area contributed by atoms with E-state index in [-0.39, 0.29) is 11.9 Å². The third-order valence-corrected chi connectivity index (χ3v) is 5.98. The Hall–Kier alpha value is -2.20. The Labute approximate surface area is 175 Å². The number of aromatic nitrogens is 1. The molecule has 2 aromatic rings. The van der Waals surface area contributed by atoms with Gasteiger partial charge in [0, 0.05) is 18.2 Å². The van der Waals surface area contributed by atoms with Crippen molar-refractivity contribution in [3.8, 4) is 0 Å². The number of carbonyl (C=O) groups is 1. The van der Waals surface area contributed by atoms with Gasteiger partial charge in [-0.2, -0.15) is 0 Å². The number of nitrogens with one attached hydrogen (secondary N) is 1. The maximum absolute atomic E-state index is 12.7.